The van der Waals surface area contributed by atoms with E-state index >= 15 is 0 Å². The number of hydrogen-bond donors (Lipinski definition) is 2. The van der Waals surface area contributed by atoms with Crippen LogP contribution < -0.4 is 20.3 Å². The van der Waals surface area contributed by atoms with Crippen molar-refractivity contribution in [2.24, 2.45) is 0 Å². The first-order valence-electron chi connectivity index (χ1n) is 6.58. The highest BCUT2D eigenvalue weighted by Gasteiger charge is 2.12. The number of H-pyrrole nitrogens is 1. The zero-order valence-corrected chi connectivity index (χ0v) is 12.9. The first-order valence-corrected chi connectivity index (χ1v) is 6.58. The standard InChI is InChI=1S/C14H19N3O5/c1-19-10-5-8-9(6-11(10)20-2)16-14(17-13(8)18)15-7-12(21-3)22-4/h5-6,12H,7H2,1-4H3,(H2,15,16,17,18). The van der Waals surface area contributed by atoms with Crippen LogP contribution in [0.4, 0.5) is 5.95 Å². The molecular weight excluding hydrogens is 290 g/mol. The lowest BCUT2D eigenvalue weighted by molar-refractivity contribution is -0.0914. The Morgan fingerprint density at radius 1 is 1.14 bits per heavy atom. The maximum absolute atomic E-state index is 12.2. The van der Waals surface area contributed by atoms with E-state index in [2.05, 4.69) is 15.3 Å². The second-order valence-corrected chi connectivity index (χ2v) is 4.42. The summed E-state index contributed by atoms with van der Waals surface area (Å²) in [7, 11) is 6.10. The van der Waals surface area contributed by atoms with Crippen LogP contribution in [0.25, 0.3) is 10.9 Å². The third kappa shape index (κ3) is 3.29. The molecule has 0 saturated carbocycles. The minimum Gasteiger partial charge on any atom is -0.493 e. The van der Waals surface area contributed by atoms with Gasteiger partial charge in [-0.2, -0.15) is 0 Å². The summed E-state index contributed by atoms with van der Waals surface area (Å²) < 4.78 is 20.5. The van der Waals surface area contributed by atoms with Gasteiger partial charge in [0.1, 0.15) is 0 Å². The molecular formula is C14H19N3O5. The van der Waals surface area contributed by atoms with E-state index in [-0.39, 0.29) is 5.56 Å². The minimum absolute atomic E-state index is 0.278. The van der Waals surface area contributed by atoms with E-state index in [0.29, 0.717) is 34.9 Å². The molecule has 0 radical (unpaired) electrons. The molecule has 0 saturated heterocycles. The molecule has 0 aliphatic rings. The number of nitrogens with one attached hydrogen (secondary N) is 2. The van der Waals surface area contributed by atoms with Crippen molar-refractivity contribution in [2.45, 2.75) is 6.29 Å². The fourth-order valence-electron chi connectivity index (χ4n) is 1.99. The lowest BCUT2D eigenvalue weighted by Crippen LogP contribution is -2.25. The van der Waals surface area contributed by atoms with Crippen LogP contribution in [0.5, 0.6) is 11.5 Å². The molecule has 0 aliphatic carbocycles. The average Bonchev–Trinajstić information content (AvgIpc) is 2.54. The predicted molar refractivity (Wildman–Crippen MR) is 81.8 cm³/mol. The molecule has 0 amide bonds. The summed E-state index contributed by atoms with van der Waals surface area (Å²) >= 11 is 0. The largest absolute Gasteiger partial charge is 0.493 e. The average molecular weight is 309 g/mol. The molecule has 8 heteroatoms. The maximum Gasteiger partial charge on any atom is 0.260 e. The summed E-state index contributed by atoms with van der Waals surface area (Å²) in [5.74, 6) is 1.30. The maximum atomic E-state index is 12.2. The second kappa shape index (κ2) is 7.10. The molecule has 22 heavy (non-hydrogen) atoms. The van der Waals surface area contributed by atoms with E-state index in [1.807, 2.05) is 0 Å². The fourth-order valence-corrected chi connectivity index (χ4v) is 1.99. The summed E-state index contributed by atoms with van der Waals surface area (Å²) in [6.45, 7) is 0.342. The number of ether oxygens (including phenoxy) is 4. The number of nitrogens with zero attached hydrogens (tertiary/aromatic N) is 1. The normalized spacial score (nSPS) is 11.0. The van der Waals surface area contributed by atoms with Crippen LogP contribution in [-0.2, 0) is 9.47 Å². The minimum atomic E-state index is -0.439. The molecule has 1 aromatic heterocycles. The monoisotopic (exact) mass is 309 g/mol. The Bertz CT molecular complexity index is 697. The Labute approximate surface area is 127 Å². The Balaban J connectivity index is 2.37. The molecule has 2 rings (SSSR count). The van der Waals surface area contributed by atoms with Crippen LogP contribution in [0, 0.1) is 0 Å². The molecule has 0 bridgehead atoms. The van der Waals surface area contributed by atoms with Crippen molar-refractivity contribution in [1.82, 2.24) is 9.97 Å². The molecule has 0 atom stereocenters. The molecule has 8 nitrogen and oxygen atoms in total. The van der Waals surface area contributed by atoms with Crippen molar-refractivity contribution < 1.29 is 18.9 Å². The van der Waals surface area contributed by atoms with Crippen LogP contribution in [0.2, 0.25) is 0 Å². The highest BCUT2D eigenvalue weighted by atomic mass is 16.7. The lowest BCUT2D eigenvalue weighted by atomic mass is 10.2. The van der Waals surface area contributed by atoms with Crippen molar-refractivity contribution in [3.8, 4) is 11.5 Å². The molecule has 0 unspecified atom stereocenters. The van der Waals surface area contributed by atoms with Gasteiger partial charge in [-0.1, -0.05) is 0 Å². The molecule has 0 fully saturated rings. The smallest absolute Gasteiger partial charge is 0.260 e. The van der Waals surface area contributed by atoms with Crippen LogP contribution in [-0.4, -0.2) is 51.2 Å². The summed E-state index contributed by atoms with van der Waals surface area (Å²) in [4.78, 5) is 19.2. The van der Waals surface area contributed by atoms with E-state index in [4.69, 9.17) is 18.9 Å². The first-order chi connectivity index (χ1) is 10.6. The number of anilines is 1. The number of hydrogen-bond acceptors (Lipinski definition) is 7. The van der Waals surface area contributed by atoms with Crippen molar-refractivity contribution >= 4 is 16.9 Å². The van der Waals surface area contributed by atoms with Gasteiger partial charge in [0.2, 0.25) is 5.95 Å². The number of rotatable bonds is 7. The summed E-state index contributed by atoms with van der Waals surface area (Å²) in [6, 6.07) is 3.25. The third-order valence-electron chi connectivity index (χ3n) is 3.17. The van der Waals surface area contributed by atoms with Gasteiger partial charge in [0.05, 0.1) is 31.7 Å². The number of methoxy groups -OCH3 is 4. The summed E-state index contributed by atoms with van der Waals surface area (Å²) in [6.07, 6.45) is -0.439. The zero-order valence-electron chi connectivity index (χ0n) is 12.9. The number of fused-ring (bicyclic) bond motifs is 1. The predicted octanol–water partition coefficient (Wildman–Crippen LogP) is 0.971. The molecule has 1 aromatic carbocycles. The van der Waals surface area contributed by atoms with Gasteiger partial charge in [-0.15, -0.1) is 0 Å². The van der Waals surface area contributed by atoms with Gasteiger partial charge in [0.15, 0.2) is 17.8 Å². The quantitative estimate of drug-likeness (QED) is 0.736. The lowest BCUT2D eigenvalue weighted by Gasteiger charge is -2.14. The van der Waals surface area contributed by atoms with Crippen LogP contribution >= 0.6 is 0 Å². The van der Waals surface area contributed by atoms with Gasteiger partial charge in [0, 0.05) is 20.3 Å². The number of benzene rings is 1. The first kappa shape index (κ1) is 16.1. The molecule has 1 heterocycles. The second-order valence-electron chi connectivity index (χ2n) is 4.42. The highest BCUT2D eigenvalue weighted by molar-refractivity contribution is 5.82. The van der Waals surface area contributed by atoms with Crippen molar-refractivity contribution in [1.29, 1.82) is 0 Å². The van der Waals surface area contributed by atoms with Crippen molar-refractivity contribution in [2.75, 3.05) is 40.3 Å². The fraction of sp³-hybridized carbons (Fsp3) is 0.429. The van der Waals surface area contributed by atoms with Crippen LogP contribution in [0.15, 0.2) is 16.9 Å². The molecule has 0 spiro atoms. The van der Waals surface area contributed by atoms with Gasteiger partial charge in [-0.3, -0.25) is 9.78 Å². The van der Waals surface area contributed by atoms with Gasteiger partial charge < -0.3 is 24.3 Å². The number of aromatic nitrogens is 2. The topological polar surface area (TPSA) is 94.7 Å². The van der Waals surface area contributed by atoms with Gasteiger partial charge in [0.25, 0.3) is 5.56 Å². The van der Waals surface area contributed by atoms with Gasteiger partial charge in [-0.05, 0) is 6.07 Å². The Kier molecular flexibility index (Phi) is 5.18. The van der Waals surface area contributed by atoms with Crippen molar-refractivity contribution in [3.63, 3.8) is 0 Å². The van der Waals surface area contributed by atoms with Crippen molar-refractivity contribution in [3.05, 3.63) is 22.5 Å². The Morgan fingerprint density at radius 3 is 2.36 bits per heavy atom. The summed E-state index contributed by atoms with van der Waals surface area (Å²) in [5.41, 5.74) is 0.218. The van der Waals surface area contributed by atoms with E-state index in [1.165, 1.54) is 28.4 Å². The van der Waals surface area contributed by atoms with Crippen LogP contribution in [0.1, 0.15) is 0 Å². The van der Waals surface area contributed by atoms with Gasteiger partial charge >= 0.3 is 0 Å². The third-order valence-corrected chi connectivity index (χ3v) is 3.17. The van der Waals surface area contributed by atoms with E-state index in [9.17, 15) is 4.79 Å². The molecule has 0 aliphatic heterocycles. The Morgan fingerprint density at radius 2 is 1.77 bits per heavy atom. The molecule has 120 valence electrons. The zero-order chi connectivity index (χ0) is 16.1. The molecule has 2 N–H and O–H groups in total. The highest BCUT2D eigenvalue weighted by Crippen LogP contribution is 2.30. The number of aromatic amines is 1. The summed E-state index contributed by atoms with van der Waals surface area (Å²) in [5, 5.41) is 3.37. The van der Waals surface area contributed by atoms with Crippen LogP contribution in [0.3, 0.4) is 0 Å². The Hall–Kier alpha value is -2.32. The van der Waals surface area contributed by atoms with Gasteiger partial charge in [-0.25, -0.2) is 4.98 Å². The SMILES string of the molecule is COc1cc2nc(NCC(OC)OC)[nH]c(=O)c2cc1OC. The molecule has 2 aromatic rings. The van der Waals surface area contributed by atoms with E-state index in [0.717, 1.165) is 0 Å². The van der Waals surface area contributed by atoms with E-state index < -0.39 is 6.29 Å². The van der Waals surface area contributed by atoms with E-state index in [1.54, 1.807) is 12.1 Å².